The Bertz CT molecular complexity index is 470. The Hall–Kier alpha value is -1.96. The fourth-order valence-electron chi connectivity index (χ4n) is 1.69. The molecule has 0 amide bonds. The molecule has 1 rings (SSSR count). The van der Waals surface area contributed by atoms with E-state index in [1.165, 1.54) is 14.2 Å². The van der Waals surface area contributed by atoms with Gasteiger partial charge in [-0.15, -0.1) is 5.10 Å². The van der Waals surface area contributed by atoms with Crippen LogP contribution in [-0.2, 0) is 27.2 Å². The van der Waals surface area contributed by atoms with Gasteiger partial charge in [0, 0.05) is 6.54 Å². The lowest BCUT2D eigenvalue weighted by Crippen LogP contribution is -2.18. The highest BCUT2D eigenvalue weighted by Gasteiger charge is 2.22. The first-order valence-electron chi connectivity index (χ1n) is 6.21. The number of carbonyl (C=O) groups excluding carboxylic acids is 2. The molecule has 0 saturated carbocycles. The van der Waals surface area contributed by atoms with Crippen molar-refractivity contribution in [3.8, 4) is 0 Å². The third-order valence-electron chi connectivity index (χ3n) is 2.73. The lowest BCUT2D eigenvalue weighted by molar-refractivity contribution is -0.139. The molecule has 0 unspecified atom stereocenters. The van der Waals surface area contributed by atoms with Gasteiger partial charge in [0.2, 0.25) is 0 Å². The van der Waals surface area contributed by atoms with Crippen molar-refractivity contribution in [2.45, 2.75) is 19.4 Å². The van der Waals surface area contributed by atoms with Gasteiger partial charge in [-0.25, -0.2) is 9.48 Å². The first kappa shape index (κ1) is 16.1. The van der Waals surface area contributed by atoms with Crippen LogP contribution in [0.4, 0.5) is 0 Å². The quantitative estimate of drug-likeness (QED) is 0.637. The number of rotatable bonds is 7. The van der Waals surface area contributed by atoms with Crippen molar-refractivity contribution in [3.63, 3.8) is 0 Å². The Balaban J connectivity index is 2.89. The number of hydrogen-bond acceptors (Lipinski definition) is 7. The van der Waals surface area contributed by atoms with Crippen LogP contribution in [0.25, 0.3) is 0 Å². The molecule has 0 radical (unpaired) electrons. The van der Waals surface area contributed by atoms with Crippen LogP contribution < -0.4 is 0 Å². The molecule has 20 heavy (non-hydrogen) atoms. The van der Waals surface area contributed by atoms with Crippen LogP contribution in [0.15, 0.2) is 0 Å². The lowest BCUT2D eigenvalue weighted by atomic mass is 10.2. The van der Waals surface area contributed by atoms with Gasteiger partial charge >= 0.3 is 11.9 Å². The van der Waals surface area contributed by atoms with E-state index in [1.807, 2.05) is 19.0 Å². The molecule has 8 nitrogen and oxygen atoms in total. The first-order chi connectivity index (χ1) is 9.49. The van der Waals surface area contributed by atoms with Gasteiger partial charge in [-0.3, -0.25) is 4.79 Å². The van der Waals surface area contributed by atoms with Crippen LogP contribution in [0, 0.1) is 0 Å². The van der Waals surface area contributed by atoms with Gasteiger partial charge in [0.1, 0.15) is 0 Å². The second kappa shape index (κ2) is 7.59. The summed E-state index contributed by atoms with van der Waals surface area (Å²) in [4.78, 5) is 25.1. The van der Waals surface area contributed by atoms with E-state index in [9.17, 15) is 9.59 Å². The number of methoxy groups -OCH3 is 2. The van der Waals surface area contributed by atoms with Crippen molar-refractivity contribution in [1.82, 2.24) is 19.9 Å². The van der Waals surface area contributed by atoms with Gasteiger partial charge in [-0.2, -0.15) is 0 Å². The summed E-state index contributed by atoms with van der Waals surface area (Å²) < 4.78 is 10.8. The molecule has 0 aromatic carbocycles. The molecular weight excluding hydrogens is 264 g/mol. The maximum atomic E-state index is 11.6. The Kier molecular flexibility index (Phi) is 6.10. The minimum Gasteiger partial charge on any atom is -0.469 e. The number of aryl methyl sites for hydroxylation is 1. The van der Waals surface area contributed by atoms with Gasteiger partial charge in [0.05, 0.1) is 26.3 Å². The van der Waals surface area contributed by atoms with Crippen LogP contribution in [0.5, 0.6) is 0 Å². The van der Waals surface area contributed by atoms with Crippen LogP contribution >= 0.6 is 0 Å². The predicted molar refractivity (Wildman–Crippen MR) is 70.3 cm³/mol. The van der Waals surface area contributed by atoms with Crippen LogP contribution in [0.3, 0.4) is 0 Å². The van der Waals surface area contributed by atoms with Gasteiger partial charge in [-0.05, 0) is 27.1 Å². The number of esters is 2. The number of ether oxygens (including phenoxy) is 2. The maximum Gasteiger partial charge on any atom is 0.360 e. The van der Waals surface area contributed by atoms with Gasteiger partial charge in [0.15, 0.2) is 5.69 Å². The van der Waals surface area contributed by atoms with Crippen molar-refractivity contribution < 1.29 is 19.1 Å². The van der Waals surface area contributed by atoms with Crippen molar-refractivity contribution in [3.05, 3.63) is 11.4 Å². The standard InChI is InChI=1S/C12H20N4O4/c1-15(2)6-5-7-16-9(8-10(17)19-3)11(13-14-16)12(18)20-4/h5-8H2,1-4H3. The zero-order chi connectivity index (χ0) is 15.1. The summed E-state index contributed by atoms with van der Waals surface area (Å²) in [5.41, 5.74) is 0.477. The molecular formula is C12H20N4O4. The summed E-state index contributed by atoms with van der Waals surface area (Å²) in [7, 11) is 6.49. The molecule has 0 aliphatic carbocycles. The summed E-state index contributed by atoms with van der Waals surface area (Å²) in [5, 5.41) is 7.70. The number of carbonyl (C=O) groups is 2. The largest absolute Gasteiger partial charge is 0.469 e. The molecule has 0 aliphatic rings. The monoisotopic (exact) mass is 284 g/mol. The zero-order valence-corrected chi connectivity index (χ0v) is 12.3. The van der Waals surface area contributed by atoms with E-state index in [0.717, 1.165) is 13.0 Å². The van der Waals surface area contributed by atoms with Crippen LogP contribution in [-0.4, -0.2) is 66.7 Å². The minimum atomic E-state index is -0.609. The molecule has 1 aromatic heterocycles. The van der Waals surface area contributed by atoms with Crippen molar-refractivity contribution in [1.29, 1.82) is 0 Å². The van der Waals surface area contributed by atoms with E-state index in [2.05, 4.69) is 19.8 Å². The van der Waals surface area contributed by atoms with Gasteiger partial charge in [-0.1, -0.05) is 5.21 Å². The average Bonchev–Trinajstić information content (AvgIpc) is 2.80. The molecule has 112 valence electrons. The molecule has 0 atom stereocenters. The molecule has 0 aliphatic heterocycles. The highest BCUT2D eigenvalue weighted by molar-refractivity contribution is 5.89. The molecule has 0 spiro atoms. The Morgan fingerprint density at radius 1 is 1.25 bits per heavy atom. The van der Waals surface area contributed by atoms with Gasteiger partial charge < -0.3 is 14.4 Å². The highest BCUT2D eigenvalue weighted by Crippen LogP contribution is 2.10. The highest BCUT2D eigenvalue weighted by atomic mass is 16.5. The Morgan fingerprint density at radius 2 is 1.95 bits per heavy atom. The van der Waals surface area contributed by atoms with Crippen molar-refractivity contribution >= 4 is 11.9 Å². The maximum absolute atomic E-state index is 11.6. The lowest BCUT2D eigenvalue weighted by Gasteiger charge is -2.10. The summed E-state index contributed by atoms with van der Waals surface area (Å²) >= 11 is 0. The molecule has 0 bridgehead atoms. The normalized spacial score (nSPS) is 10.7. The summed E-state index contributed by atoms with van der Waals surface area (Å²) in [6.07, 6.45) is 0.765. The first-order valence-corrected chi connectivity index (χ1v) is 6.21. The number of nitrogens with zero attached hydrogens (tertiary/aromatic N) is 4. The third kappa shape index (κ3) is 4.30. The third-order valence-corrected chi connectivity index (χ3v) is 2.73. The zero-order valence-electron chi connectivity index (χ0n) is 12.3. The smallest absolute Gasteiger partial charge is 0.360 e. The molecule has 0 fully saturated rings. The second-order valence-corrected chi connectivity index (χ2v) is 4.51. The van der Waals surface area contributed by atoms with Gasteiger partial charge in [0.25, 0.3) is 0 Å². The van der Waals surface area contributed by atoms with Crippen LogP contribution in [0.1, 0.15) is 22.6 Å². The molecule has 1 aromatic rings. The average molecular weight is 284 g/mol. The summed E-state index contributed by atoms with van der Waals surface area (Å²) in [5.74, 6) is -1.06. The molecule has 0 saturated heterocycles. The molecule has 1 heterocycles. The van der Waals surface area contributed by atoms with E-state index < -0.39 is 11.9 Å². The SMILES string of the molecule is COC(=O)Cc1c(C(=O)OC)nnn1CCCN(C)C. The van der Waals surface area contributed by atoms with Crippen molar-refractivity contribution in [2.75, 3.05) is 34.9 Å². The van der Waals surface area contributed by atoms with E-state index in [0.29, 0.717) is 12.2 Å². The van der Waals surface area contributed by atoms with E-state index in [4.69, 9.17) is 0 Å². The minimum absolute atomic E-state index is 0.0581. The van der Waals surface area contributed by atoms with Crippen molar-refractivity contribution in [2.24, 2.45) is 0 Å². The molecule has 0 N–H and O–H groups in total. The fraction of sp³-hybridized carbons (Fsp3) is 0.667. The Morgan fingerprint density at radius 3 is 2.50 bits per heavy atom. The summed E-state index contributed by atoms with van der Waals surface area (Å²) in [6.45, 7) is 1.43. The summed E-state index contributed by atoms with van der Waals surface area (Å²) in [6, 6.07) is 0. The Labute approximate surface area is 117 Å². The topological polar surface area (TPSA) is 86.5 Å². The number of aromatic nitrogens is 3. The number of hydrogen-bond donors (Lipinski definition) is 0. The second-order valence-electron chi connectivity index (χ2n) is 4.51. The van der Waals surface area contributed by atoms with E-state index in [-0.39, 0.29) is 12.1 Å². The van der Waals surface area contributed by atoms with E-state index in [1.54, 1.807) is 4.68 Å². The van der Waals surface area contributed by atoms with E-state index >= 15 is 0 Å². The van der Waals surface area contributed by atoms with Crippen LogP contribution in [0.2, 0.25) is 0 Å². The molecule has 8 heteroatoms. The fourth-order valence-corrected chi connectivity index (χ4v) is 1.69. The predicted octanol–water partition coefficient (Wildman–Crippen LogP) is -0.268.